The van der Waals surface area contributed by atoms with E-state index in [4.69, 9.17) is 4.98 Å². The topological polar surface area (TPSA) is 59.8 Å². The average molecular weight is 340 g/mol. The maximum Gasteiger partial charge on any atom is 0.252 e. The first-order valence-electron chi connectivity index (χ1n) is 8.32. The Labute approximate surface area is 144 Å². The largest absolute Gasteiger partial charge is 0.347 e. The Balaban J connectivity index is 1.71. The van der Waals surface area contributed by atoms with Crippen LogP contribution in [-0.2, 0) is 6.54 Å². The Hall–Kier alpha value is -2.21. The van der Waals surface area contributed by atoms with Gasteiger partial charge in [-0.1, -0.05) is 6.07 Å². The molecule has 1 fully saturated rings. The molecule has 0 aromatic carbocycles. The van der Waals surface area contributed by atoms with Gasteiger partial charge in [-0.25, -0.2) is 9.67 Å². The third-order valence-corrected chi connectivity index (χ3v) is 5.20. The zero-order valence-corrected chi connectivity index (χ0v) is 14.6. The van der Waals surface area contributed by atoms with E-state index >= 15 is 0 Å². The van der Waals surface area contributed by atoms with Gasteiger partial charge in [-0.05, 0) is 44.2 Å². The quantitative estimate of drug-likeness (QED) is 0.767. The van der Waals surface area contributed by atoms with E-state index in [-0.39, 0.29) is 11.9 Å². The zero-order chi connectivity index (χ0) is 16.7. The predicted molar refractivity (Wildman–Crippen MR) is 95.4 cm³/mol. The van der Waals surface area contributed by atoms with Gasteiger partial charge >= 0.3 is 0 Å². The van der Waals surface area contributed by atoms with Crippen LogP contribution in [0.1, 0.15) is 59.6 Å². The molecule has 3 aromatic heterocycles. The van der Waals surface area contributed by atoms with Crippen molar-refractivity contribution in [2.45, 2.75) is 45.2 Å². The molecule has 0 unspecified atom stereocenters. The van der Waals surface area contributed by atoms with Crippen LogP contribution in [0.15, 0.2) is 29.8 Å². The molecule has 0 spiro atoms. The summed E-state index contributed by atoms with van der Waals surface area (Å²) in [5.74, 6) is 0.440. The van der Waals surface area contributed by atoms with Gasteiger partial charge in [0.15, 0.2) is 5.65 Å². The number of amides is 1. The van der Waals surface area contributed by atoms with Crippen molar-refractivity contribution in [2.75, 3.05) is 0 Å². The predicted octanol–water partition coefficient (Wildman–Crippen LogP) is 3.88. The minimum absolute atomic E-state index is 0.0546. The van der Waals surface area contributed by atoms with Gasteiger partial charge in [0.05, 0.1) is 23.7 Å². The van der Waals surface area contributed by atoms with Crippen molar-refractivity contribution in [2.24, 2.45) is 0 Å². The molecule has 124 valence electrons. The second-order valence-corrected chi connectivity index (χ2v) is 7.58. The van der Waals surface area contributed by atoms with Crippen molar-refractivity contribution in [3.63, 3.8) is 0 Å². The fourth-order valence-electron chi connectivity index (χ4n) is 2.87. The van der Waals surface area contributed by atoms with E-state index in [1.165, 1.54) is 0 Å². The highest BCUT2D eigenvalue weighted by Crippen LogP contribution is 2.40. The molecule has 0 saturated heterocycles. The second kappa shape index (κ2) is 6.02. The van der Waals surface area contributed by atoms with E-state index in [0.29, 0.717) is 18.0 Å². The summed E-state index contributed by atoms with van der Waals surface area (Å²) < 4.78 is 1.90. The Bertz CT molecular complexity index is 878. The van der Waals surface area contributed by atoms with Gasteiger partial charge in [0.1, 0.15) is 0 Å². The molecule has 1 amide bonds. The molecule has 3 heterocycles. The molecule has 5 nitrogen and oxygen atoms in total. The lowest BCUT2D eigenvalue weighted by atomic mass is 10.1. The number of aromatic nitrogens is 3. The number of nitrogens with one attached hydrogen (secondary N) is 1. The van der Waals surface area contributed by atoms with Crippen molar-refractivity contribution in [3.8, 4) is 0 Å². The summed E-state index contributed by atoms with van der Waals surface area (Å²) in [5.41, 5.74) is 2.52. The summed E-state index contributed by atoms with van der Waals surface area (Å²) in [7, 11) is 0. The third kappa shape index (κ3) is 2.82. The molecule has 0 bridgehead atoms. The number of fused-ring (bicyclic) bond motifs is 1. The Morgan fingerprint density at radius 3 is 2.96 bits per heavy atom. The van der Waals surface area contributed by atoms with Crippen LogP contribution in [-0.4, -0.2) is 20.7 Å². The van der Waals surface area contributed by atoms with Gasteiger partial charge in [0, 0.05) is 22.5 Å². The number of pyridine rings is 1. The van der Waals surface area contributed by atoms with Crippen molar-refractivity contribution in [1.29, 1.82) is 0 Å². The number of carbonyl (C=O) groups excluding carboxylic acids is 1. The third-order valence-electron chi connectivity index (χ3n) is 4.32. The molecule has 6 heteroatoms. The van der Waals surface area contributed by atoms with Crippen LogP contribution < -0.4 is 5.32 Å². The van der Waals surface area contributed by atoms with Gasteiger partial charge in [-0.2, -0.15) is 5.10 Å². The lowest BCUT2D eigenvalue weighted by molar-refractivity contribution is 0.0953. The summed E-state index contributed by atoms with van der Waals surface area (Å²) in [6, 6.07) is 6.19. The Morgan fingerprint density at radius 1 is 1.46 bits per heavy atom. The van der Waals surface area contributed by atoms with Crippen LogP contribution in [0, 0.1) is 0 Å². The van der Waals surface area contributed by atoms with Crippen LogP contribution in [0.25, 0.3) is 11.0 Å². The normalized spacial score (nSPS) is 14.5. The van der Waals surface area contributed by atoms with Crippen molar-refractivity contribution < 1.29 is 4.79 Å². The number of thiophene rings is 1. The fraction of sp³-hybridized carbons (Fsp3) is 0.389. The maximum absolute atomic E-state index is 12.8. The highest BCUT2D eigenvalue weighted by atomic mass is 32.1. The molecule has 1 N–H and O–H groups in total. The molecule has 1 aliphatic carbocycles. The highest BCUT2D eigenvalue weighted by molar-refractivity contribution is 7.09. The number of hydrogen-bond acceptors (Lipinski definition) is 4. The molecule has 3 aromatic rings. The van der Waals surface area contributed by atoms with Crippen molar-refractivity contribution in [1.82, 2.24) is 20.1 Å². The summed E-state index contributed by atoms with van der Waals surface area (Å²) in [6.07, 6.45) is 4.08. The first kappa shape index (κ1) is 15.3. The molecule has 24 heavy (non-hydrogen) atoms. The molecular formula is C18H20N4OS. The van der Waals surface area contributed by atoms with Gasteiger partial charge < -0.3 is 5.32 Å². The second-order valence-electron chi connectivity index (χ2n) is 6.55. The van der Waals surface area contributed by atoms with Gasteiger partial charge in [-0.15, -0.1) is 11.3 Å². The maximum atomic E-state index is 12.8. The molecule has 1 aliphatic rings. The minimum atomic E-state index is -0.0546. The molecule has 1 saturated carbocycles. The Morgan fingerprint density at radius 2 is 2.29 bits per heavy atom. The van der Waals surface area contributed by atoms with E-state index in [1.807, 2.05) is 28.3 Å². The summed E-state index contributed by atoms with van der Waals surface area (Å²) in [4.78, 5) is 18.7. The van der Waals surface area contributed by atoms with Crippen LogP contribution in [0.2, 0.25) is 0 Å². The summed E-state index contributed by atoms with van der Waals surface area (Å²) in [5, 5.41) is 10.3. The molecule has 0 aliphatic heterocycles. The van der Waals surface area contributed by atoms with Gasteiger partial charge in [-0.3, -0.25) is 4.79 Å². The average Bonchev–Trinajstić information content (AvgIpc) is 3.12. The number of nitrogens with zero attached hydrogens (tertiary/aromatic N) is 3. The van der Waals surface area contributed by atoms with E-state index in [1.54, 1.807) is 17.5 Å². The van der Waals surface area contributed by atoms with Gasteiger partial charge in [0.25, 0.3) is 5.91 Å². The zero-order valence-electron chi connectivity index (χ0n) is 13.8. The minimum Gasteiger partial charge on any atom is -0.347 e. The molecular weight excluding hydrogens is 320 g/mol. The monoisotopic (exact) mass is 340 g/mol. The van der Waals surface area contributed by atoms with Crippen LogP contribution in [0.4, 0.5) is 0 Å². The van der Waals surface area contributed by atoms with E-state index in [0.717, 1.165) is 34.4 Å². The Kier molecular flexibility index (Phi) is 3.84. The lowest BCUT2D eigenvalue weighted by Gasteiger charge is -2.10. The fourth-order valence-corrected chi connectivity index (χ4v) is 3.51. The van der Waals surface area contributed by atoms with Crippen LogP contribution in [0.3, 0.4) is 0 Å². The number of hydrogen-bond donors (Lipinski definition) is 1. The molecule has 0 radical (unpaired) electrons. The van der Waals surface area contributed by atoms with E-state index < -0.39 is 0 Å². The van der Waals surface area contributed by atoms with Gasteiger partial charge in [0.2, 0.25) is 0 Å². The highest BCUT2D eigenvalue weighted by Gasteiger charge is 2.28. The number of rotatable bonds is 5. The molecule has 4 rings (SSSR count). The van der Waals surface area contributed by atoms with E-state index in [9.17, 15) is 4.79 Å². The van der Waals surface area contributed by atoms with Crippen molar-refractivity contribution >= 4 is 28.3 Å². The van der Waals surface area contributed by atoms with Crippen LogP contribution in [0.5, 0.6) is 0 Å². The number of carbonyl (C=O) groups is 1. The summed E-state index contributed by atoms with van der Waals surface area (Å²) in [6.45, 7) is 4.71. The van der Waals surface area contributed by atoms with Crippen molar-refractivity contribution in [3.05, 3.63) is 45.9 Å². The first-order valence-corrected chi connectivity index (χ1v) is 9.20. The molecule has 0 atom stereocenters. The lowest BCUT2D eigenvalue weighted by Crippen LogP contribution is -2.23. The first-order chi connectivity index (χ1) is 11.6. The standard InChI is InChI=1S/C18H20N4OS/c1-11(2)22-17-15(10-20-22)14(8-16(21-17)12-5-6-12)18(23)19-9-13-4-3-7-24-13/h3-4,7-8,10-12H,5-6,9H2,1-2H3,(H,19,23). The van der Waals surface area contributed by atoms with E-state index in [2.05, 4.69) is 24.3 Å². The van der Waals surface area contributed by atoms with Crippen LogP contribution >= 0.6 is 11.3 Å². The summed E-state index contributed by atoms with van der Waals surface area (Å²) >= 11 is 1.65. The smallest absolute Gasteiger partial charge is 0.252 e. The SMILES string of the molecule is CC(C)n1ncc2c(C(=O)NCc3cccs3)cc(C3CC3)nc21.